The van der Waals surface area contributed by atoms with Crippen molar-refractivity contribution in [2.45, 2.75) is 25.8 Å². The third-order valence-corrected chi connectivity index (χ3v) is 4.87. The average molecular weight is 374 g/mol. The van der Waals surface area contributed by atoms with Gasteiger partial charge in [0.1, 0.15) is 6.04 Å². The van der Waals surface area contributed by atoms with Crippen molar-refractivity contribution >= 4 is 5.91 Å². The van der Waals surface area contributed by atoms with E-state index in [1.54, 1.807) is 24.8 Å². The number of aromatic nitrogens is 2. The Labute approximate surface area is 166 Å². The zero-order valence-corrected chi connectivity index (χ0v) is 16.2. The molecule has 0 spiro atoms. The molecule has 2 aromatic heterocycles. The second kappa shape index (κ2) is 9.76. The van der Waals surface area contributed by atoms with Crippen LogP contribution in [0.2, 0.25) is 0 Å². The summed E-state index contributed by atoms with van der Waals surface area (Å²) in [6, 6.07) is 15.6. The maximum Gasteiger partial charge on any atom is 0.239 e. The van der Waals surface area contributed by atoms with Crippen molar-refractivity contribution in [1.29, 1.82) is 0 Å². The quantitative estimate of drug-likeness (QED) is 0.625. The highest BCUT2D eigenvalue weighted by atomic mass is 16.1. The molecule has 3 aromatic rings. The summed E-state index contributed by atoms with van der Waals surface area (Å²) in [5, 5.41) is 0. The average Bonchev–Trinajstić information content (AvgIpc) is 2.71. The molecule has 0 radical (unpaired) electrons. The van der Waals surface area contributed by atoms with Crippen molar-refractivity contribution in [3.8, 4) is 0 Å². The molecule has 3 rings (SSSR count). The first-order valence-corrected chi connectivity index (χ1v) is 9.51. The third kappa shape index (κ3) is 5.47. The number of hydrogen-bond acceptors (Lipinski definition) is 4. The van der Waals surface area contributed by atoms with Crippen LogP contribution < -0.4 is 5.73 Å². The Hall–Kier alpha value is -3.05. The minimum atomic E-state index is -0.455. The summed E-state index contributed by atoms with van der Waals surface area (Å²) in [6.07, 6.45) is 8.83. The monoisotopic (exact) mass is 374 g/mol. The Balaban J connectivity index is 1.82. The van der Waals surface area contributed by atoms with Gasteiger partial charge in [-0.1, -0.05) is 29.8 Å². The van der Waals surface area contributed by atoms with Gasteiger partial charge in [-0.25, -0.2) is 0 Å². The van der Waals surface area contributed by atoms with Crippen molar-refractivity contribution in [2.75, 3.05) is 13.1 Å². The van der Waals surface area contributed by atoms with Gasteiger partial charge in [0, 0.05) is 37.9 Å². The lowest BCUT2D eigenvalue weighted by Gasteiger charge is -2.30. The summed E-state index contributed by atoms with van der Waals surface area (Å²) in [4.78, 5) is 22.8. The predicted molar refractivity (Wildman–Crippen MR) is 111 cm³/mol. The summed E-state index contributed by atoms with van der Waals surface area (Å²) in [5.41, 5.74) is 10.3. The van der Waals surface area contributed by atoms with E-state index >= 15 is 0 Å². The number of nitrogens with two attached hydrogens (primary N) is 1. The van der Waals surface area contributed by atoms with E-state index in [-0.39, 0.29) is 5.91 Å². The second-order valence-corrected chi connectivity index (χ2v) is 6.97. The van der Waals surface area contributed by atoms with Crippen LogP contribution in [0.25, 0.3) is 0 Å². The first-order chi connectivity index (χ1) is 13.6. The molecule has 28 heavy (non-hydrogen) atoms. The van der Waals surface area contributed by atoms with E-state index in [1.807, 2.05) is 55.5 Å². The molecular weight excluding hydrogens is 348 g/mol. The summed E-state index contributed by atoms with van der Waals surface area (Å²) in [5.74, 6) is -0.324. The Morgan fingerprint density at radius 2 is 1.46 bits per heavy atom. The van der Waals surface area contributed by atoms with Crippen LogP contribution in [0.15, 0.2) is 73.3 Å². The summed E-state index contributed by atoms with van der Waals surface area (Å²) < 4.78 is 0. The van der Waals surface area contributed by atoms with Gasteiger partial charge in [0.05, 0.1) is 0 Å². The number of hydrogen-bond donors (Lipinski definition) is 1. The zero-order valence-electron chi connectivity index (χ0n) is 16.2. The highest BCUT2D eigenvalue weighted by molar-refractivity contribution is 5.81. The highest BCUT2D eigenvalue weighted by Crippen LogP contribution is 2.22. The standard InChI is InChI=1S/C23H26N4O/c1-18-3-2-4-21(17-18)22(23(24)28)27(15-9-19-5-11-25-12-6-19)16-10-20-7-13-26-14-8-20/h2-8,11-14,17,22H,9-10,15-16H2,1H3,(H2,24,28). The molecule has 1 atom stereocenters. The van der Waals surface area contributed by atoms with Gasteiger partial charge < -0.3 is 5.73 Å². The lowest BCUT2D eigenvalue weighted by molar-refractivity contribution is -0.123. The van der Waals surface area contributed by atoms with Crippen molar-refractivity contribution in [2.24, 2.45) is 5.73 Å². The SMILES string of the molecule is Cc1cccc(C(C(N)=O)N(CCc2ccncc2)CCc2ccncc2)c1. The number of primary amides is 1. The van der Waals surface area contributed by atoms with Crippen molar-refractivity contribution in [1.82, 2.24) is 14.9 Å². The summed E-state index contributed by atoms with van der Waals surface area (Å²) in [6.45, 7) is 3.49. The molecule has 144 valence electrons. The van der Waals surface area contributed by atoms with E-state index in [4.69, 9.17) is 5.73 Å². The maximum atomic E-state index is 12.4. The maximum absolute atomic E-state index is 12.4. The molecule has 1 amide bonds. The van der Waals surface area contributed by atoms with E-state index in [0.717, 1.165) is 37.1 Å². The number of rotatable bonds is 9. The van der Waals surface area contributed by atoms with E-state index in [9.17, 15) is 4.79 Å². The predicted octanol–water partition coefficient (Wildman–Crippen LogP) is 3.10. The molecule has 5 heteroatoms. The molecule has 2 heterocycles. The van der Waals surface area contributed by atoms with Crippen molar-refractivity contribution in [3.05, 3.63) is 95.6 Å². The van der Waals surface area contributed by atoms with Crippen LogP contribution >= 0.6 is 0 Å². The van der Waals surface area contributed by atoms with Crippen molar-refractivity contribution < 1.29 is 4.79 Å². The fourth-order valence-electron chi connectivity index (χ4n) is 3.41. The van der Waals surface area contributed by atoms with Crippen LogP contribution in [0, 0.1) is 6.92 Å². The Morgan fingerprint density at radius 3 is 1.93 bits per heavy atom. The van der Waals surface area contributed by atoms with Gasteiger partial charge in [-0.3, -0.25) is 19.7 Å². The number of nitrogens with zero attached hydrogens (tertiary/aromatic N) is 3. The molecule has 1 aromatic carbocycles. The summed E-state index contributed by atoms with van der Waals surface area (Å²) in [7, 11) is 0. The number of pyridine rings is 2. The van der Waals surface area contributed by atoms with Crippen LogP contribution in [0.5, 0.6) is 0 Å². The summed E-state index contributed by atoms with van der Waals surface area (Å²) >= 11 is 0. The first kappa shape index (κ1) is 19.7. The minimum absolute atomic E-state index is 0.324. The number of amides is 1. The number of aryl methyl sites for hydroxylation is 1. The molecule has 0 saturated carbocycles. The van der Waals surface area contributed by atoms with Gasteiger partial charge in [0.2, 0.25) is 5.91 Å². The van der Waals surface area contributed by atoms with E-state index in [0.29, 0.717) is 0 Å². The highest BCUT2D eigenvalue weighted by Gasteiger charge is 2.25. The molecular formula is C23H26N4O. The smallest absolute Gasteiger partial charge is 0.239 e. The minimum Gasteiger partial charge on any atom is -0.368 e. The van der Waals surface area contributed by atoms with Crippen molar-refractivity contribution in [3.63, 3.8) is 0 Å². The normalized spacial score (nSPS) is 12.1. The van der Waals surface area contributed by atoms with Gasteiger partial charge in [-0.05, 0) is 60.7 Å². The van der Waals surface area contributed by atoms with E-state index < -0.39 is 6.04 Å². The van der Waals surface area contributed by atoms with Crippen LogP contribution in [-0.2, 0) is 17.6 Å². The number of carbonyl (C=O) groups excluding carboxylic acids is 1. The van der Waals surface area contributed by atoms with Gasteiger partial charge in [-0.15, -0.1) is 0 Å². The largest absolute Gasteiger partial charge is 0.368 e. The molecule has 0 aliphatic heterocycles. The molecule has 5 nitrogen and oxygen atoms in total. The lowest BCUT2D eigenvalue weighted by Crippen LogP contribution is -2.40. The van der Waals surface area contributed by atoms with Crippen LogP contribution in [-0.4, -0.2) is 33.9 Å². The fourth-order valence-corrected chi connectivity index (χ4v) is 3.41. The third-order valence-electron chi connectivity index (χ3n) is 4.87. The van der Waals surface area contributed by atoms with Gasteiger partial charge in [0.25, 0.3) is 0 Å². The number of benzene rings is 1. The van der Waals surface area contributed by atoms with Gasteiger partial charge >= 0.3 is 0 Å². The second-order valence-electron chi connectivity index (χ2n) is 6.97. The fraction of sp³-hybridized carbons (Fsp3) is 0.261. The molecule has 0 saturated heterocycles. The van der Waals surface area contributed by atoms with Crippen LogP contribution in [0.1, 0.15) is 28.3 Å². The zero-order chi connectivity index (χ0) is 19.8. The van der Waals surface area contributed by atoms with Crippen LogP contribution in [0.4, 0.5) is 0 Å². The Morgan fingerprint density at radius 1 is 0.929 bits per heavy atom. The molecule has 0 bridgehead atoms. The van der Waals surface area contributed by atoms with E-state index in [1.165, 1.54) is 11.1 Å². The lowest BCUT2D eigenvalue weighted by atomic mass is 10.0. The molecule has 2 N–H and O–H groups in total. The molecule has 1 unspecified atom stereocenters. The molecule has 0 fully saturated rings. The first-order valence-electron chi connectivity index (χ1n) is 9.51. The molecule has 0 aliphatic rings. The van der Waals surface area contributed by atoms with Crippen LogP contribution in [0.3, 0.4) is 0 Å². The van der Waals surface area contributed by atoms with Gasteiger partial charge in [0.15, 0.2) is 0 Å². The van der Waals surface area contributed by atoms with Gasteiger partial charge in [-0.2, -0.15) is 0 Å². The Kier molecular flexibility index (Phi) is 6.87. The molecule has 0 aliphatic carbocycles. The Bertz CT molecular complexity index is 840. The van der Waals surface area contributed by atoms with E-state index in [2.05, 4.69) is 14.9 Å². The topological polar surface area (TPSA) is 72.1 Å². The number of carbonyl (C=O) groups is 1.